The maximum atomic E-state index is 13.0. The van der Waals surface area contributed by atoms with Crippen LogP contribution >= 0.6 is 0 Å². The Hall–Kier alpha value is -4.07. The lowest BCUT2D eigenvalue weighted by Gasteiger charge is -2.08. The molecule has 8 nitrogen and oxygen atoms in total. The summed E-state index contributed by atoms with van der Waals surface area (Å²) in [7, 11) is 0. The molecule has 2 aromatic heterocycles. The van der Waals surface area contributed by atoms with Crippen molar-refractivity contribution in [2.75, 3.05) is 0 Å². The number of ketones is 1. The first-order valence-corrected chi connectivity index (χ1v) is 8.93. The molecule has 0 fully saturated rings. The van der Waals surface area contributed by atoms with Crippen molar-refractivity contribution >= 4 is 22.5 Å². The van der Waals surface area contributed by atoms with Crippen LogP contribution in [0.5, 0.6) is 5.75 Å². The van der Waals surface area contributed by atoms with Crippen molar-refractivity contribution < 1.29 is 14.7 Å². The van der Waals surface area contributed by atoms with E-state index < -0.39 is 11.7 Å². The number of phenolic OH excluding ortho intramolecular Hbond substituents is 1. The van der Waals surface area contributed by atoms with Gasteiger partial charge in [-0.1, -0.05) is 30.3 Å². The number of nitrogens with zero attached hydrogens (tertiary/aromatic N) is 4. The molecule has 0 aliphatic carbocycles. The third-order valence-corrected chi connectivity index (χ3v) is 4.57. The lowest BCUT2D eigenvalue weighted by Crippen LogP contribution is -2.27. The molecule has 0 atom stereocenters. The first kappa shape index (κ1) is 18.3. The maximum absolute atomic E-state index is 13.0. The van der Waals surface area contributed by atoms with Crippen molar-refractivity contribution in [1.82, 2.24) is 19.6 Å². The highest BCUT2D eigenvalue weighted by atomic mass is 16.3. The van der Waals surface area contributed by atoms with E-state index in [1.54, 1.807) is 43.3 Å². The highest BCUT2D eigenvalue weighted by Gasteiger charge is 2.21. The van der Waals surface area contributed by atoms with Gasteiger partial charge in [0.15, 0.2) is 11.5 Å². The van der Waals surface area contributed by atoms with E-state index in [1.165, 1.54) is 29.2 Å². The van der Waals surface area contributed by atoms with Gasteiger partial charge < -0.3 is 5.11 Å². The number of phenols is 1. The summed E-state index contributed by atoms with van der Waals surface area (Å²) in [4.78, 5) is 38.1. The van der Waals surface area contributed by atoms with Crippen LogP contribution in [-0.2, 0) is 6.54 Å². The Bertz CT molecular complexity index is 1320. The van der Waals surface area contributed by atoms with E-state index in [0.717, 1.165) is 4.68 Å². The number of hydrogen-bond acceptors (Lipinski definition) is 6. The third kappa shape index (κ3) is 3.10. The summed E-state index contributed by atoms with van der Waals surface area (Å²) in [5, 5.41) is 18.9. The van der Waals surface area contributed by atoms with Crippen molar-refractivity contribution in [3.8, 4) is 5.75 Å². The quantitative estimate of drug-likeness (QED) is 0.537. The Morgan fingerprint density at radius 1 is 1.03 bits per heavy atom. The zero-order valence-corrected chi connectivity index (χ0v) is 15.4. The van der Waals surface area contributed by atoms with Gasteiger partial charge in [0.2, 0.25) is 0 Å². The van der Waals surface area contributed by atoms with Gasteiger partial charge in [-0.05, 0) is 25.1 Å². The highest BCUT2D eigenvalue weighted by molar-refractivity contribution is 6.11. The fourth-order valence-electron chi connectivity index (χ4n) is 3.09. The summed E-state index contributed by atoms with van der Waals surface area (Å²) in [6.45, 7) is 2.06. The molecule has 0 spiro atoms. The van der Waals surface area contributed by atoms with Gasteiger partial charge in [0.05, 0.1) is 22.7 Å². The van der Waals surface area contributed by atoms with E-state index in [2.05, 4.69) is 10.2 Å². The summed E-state index contributed by atoms with van der Waals surface area (Å²) in [5.41, 5.74) is 0.0396. The lowest BCUT2D eigenvalue weighted by molar-refractivity contribution is 0.0939. The number of carbonyl (C=O) groups excluding carboxylic acids is 2. The third-order valence-electron chi connectivity index (χ3n) is 4.57. The minimum absolute atomic E-state index is 0.0618. The Morgan fingerprint density at radius 2 is 1.72 bits per heavy atom. The van der Waals surface area contributed by atoms with Crippen molar-refractivity contribution in [2.24, 2.45) is 0 Å². The monoisotopic (exact) mass is 388 g/mol. The molecule has 0 unspecified atom stereocenters. The molecule has 144 valence electrons. The fourth-order valence-corrected chi connectivity index (χ4v) is 3.09. The average molecular weight is 388 g/mol. The number of aromatic nitrogens is 4. The minimum Gasteiger partial charge on any atom is -0.507 e. The normalized spacial score (nSPS) is 10.9. The number of benzene rings is 2. The Kier molecular flexibility index (Phi) is 4.52. The first-order valence-electron chi connectivity index (χ1n) is 8.93. The van der Waals surface area contributed by atoms with Gasteiger partial charge in [-0.25, -0.2) is 9.36 Å². The number of rotatable bonds is 4. The number of para-hydroxylation sites is 1. The molecule has 2 aromatic carbocycles. The molecule has 2 heterocycles. The molecule has 1 N–H and O–H groups in total. The average Bonchev–Trinajstić information content (AvgIpc) is 3.24. The Labute approximate surface area is 164 Å². The second kappa shape index (κ2) is 7.16. The van der Waals surface area contributed by atoms with Crippen LogP contribution in [0.2, 0.25) is 0 Å². The van der Waals surface area contributed by atoms with E-state index in [9.17, 15) is 19.5 Å². The molecule has 4 aromatic rings. The number of hydrogen-bond donors (Lipinski definition) is 1. The van der Waals surface area contributed by atoms with Crippen LogP contribution in [0, 0.1) is 0 Å². The molecule has 0 saturated carbocycles. The summed E-state index contributed by atoms with van der Waals surface area (Å²) < 4.78 is 2.22. The van der Waals surface area contributed by atoms with Gasteiger partial charge >= 0.3 is 0 Å². The Morgan fingerprint density at radius 3 is 2.45 bits per heavy atom. The van der Waals surface area contributed by atoms with Crippen LogP contribution in [0.4, 0.5) is 0 Å². The summed E-state index contributed by atoms with van der Waals surface area (Å²) in [6, 6.07) is 12.9. The molecule has 0 bridgehead atoms. The maximum Gasteiger partial charge on any atom is 0.299 e. The molecular weight excluding hydrogens is 372 g/mol. The number of fused-ring (bicyclic) bond motifs is 1. The second-order valence-corrected chi connectivity index (χ2v) is 6.34. The van der Waals surface area contributed by atoms with Gasteiger partial charge in [0.25, 0.3) is 11.5 Å². The molecule has 4 rings (SSSR count). The zero-order chi connectivity index (χ0) is 20.5. The van der Waals surface area contributed by atoms with Crippen LogP contribution in [-0.4, -0.2) is 36.4 Å². The van der Waals surface area contributed by atoms with Crippen molar-refractivity contribution in [1.29, 1.82) is 0 Å². The lowest BCUT2D eigenvalue weighted by atomic mass is 10.1. The van der Waals surface area contributed by atoms with E-state index in [-0.39, 0.29) is 28.1 Å². The predicted molar refractivity (Wildman–Crippen MR) is 105 cm³/mol. The van der Waals surface area contributed by atoms with E-state index in [0.29, 0.717) is 17.3 Å². The topological polar surface area (TPSA) is 107 Å². The van der Waals surface area contributed by atoms with E-state index in [1.807, 2.05) is 0 Å². The first-order chi connectivity index (χ1) is 14.0. The smallest absolute Gasteiger partial charge is 0.299 e. The van der Waals surface area contributed by atoms with Gasteiger partial charge in [0, 0.05) is 18.1 Å². The zero-order valence-electron chi connectivity index (χ0n) is 15.4. The molecule has 0 radical (unpaired) electrons. The van der Waals surface area contributed by atoms with Gasteiger partial charge in [-0.3, -0.25) is 14.4 Å². The van der Waals surface area contributed by atoms with Gasteiger partial charge in [-0.15, -0.1) is 0 Å². The summed E-state index contributed by atoms with van der Waals surface area (Å²) in [5.74, 6) is -1.18. The Balaban J connectivity index is 1.77. The molecule has 29 heavy (non-hydrogen) atoms. The van der Waals surface area contributed by atoms with Crippen molar-refractivity contribution in [3.05, 3.63) is 88.1 Å². The fraction of sp³-hybridized carbons (Fsp3) is 0.0952. The predicted octanol–water partition coefficient (Wildman–Crippen LogP) is 2.24. The highest BCUT2D eigenvalue weighted by Crippen LogP contribution is 2.20. The van der Waals surface area contributed by atoms with E-state index in [4.69, 9.17) is 0 Å². The largest absolute Gasteiger partial charge is 0.507 e. The van der Waals surface area contributed by atoms with Gasteiger partial charge in [-0.2, -0.15) is 10.2 Å². The molecular formula is C21H16N4O4. The van der Waals surface area contributed by atoms with Crippen LogP contribution in [0.3, 0.4) is 0 Å². The standard InChI is InChI=1S/C21H16N4O4/c1-2-24-20(28)15-8-4-3-7-14(15)18(23-24)21(29)25-12-13(11-22-25)19(27)16-9-5-6-10-17(16)26/h3-12,26H,2H2,1H3. The SMILES string of the molecule is CCn1nc(C(=O)n2cc(C(=O)c3ccccc3O)cn2)c2ccccc2c1=O. The molecule has 8 heteroatoms. The van der Waals surface area contributed by atoms with Crippen LogP contribution in [0.25, 0.3) is 10.8 Å². The van der Waals surface area contributed by atoms with Crippen molar-refractivity contribution in [3.63, 3.8) is 0 Å². The number of aromatic hydroxyl groups is 1. The molecule has 0 saturated heterocycles. The summed E-state index contributed by atoms with van der Waals surface area (Å²) in [6.07, 6.45) is 2.54. The molecule has 0 aliphatic heterocycles. The van der Waals surface area contributed by atoms with E-state index >= 15 is 0 Å². The van der Waals surface area contributed by atoms with Crippen LogP contribution in [0.1, 0.15) is 33.3 Å². The number of carbonyl (C=O) groups is 2. The summed E-state index contributed by atoms with van der Waals surface area (Å²) >= 11 is 0. The van der Waals surface area contributed by atoms with Crippen molar-refractivity contribution in [2.45, 2.75) is 13.5 Å². The second-order valence-electron chi connectivity index (χ2n) is 6.34. The minimum atomic E-state index is -0.570. The molecule has 0 aliphatic rings. The van der Waals surface area contributed by atoms with Gasteiger partial charge in [0.1, 0.15) is 5.75 Å². The number of aryl methyl sites for hydroxylation is 1. The van der Waals surface area contributed by atoms with Crippen LogP contribution < -0.4 is 5.56 Å². The van der Waals surface area contributed by atoms with Crippen LogP contribution in [0.15, 0.2) is 65.7 Å². The molecule has 0 amide bonds.